The number of rotatable bonds is 4. The van der Waals surface area contributed by atoms with Crippen LogP contribution in [0, 0.1) is 5.41 Å². The third kappa shape index (κ3) is 3.38. The number of benzene rings is 1. The van der Waals surface area contributed by atoms with Gasteiger partial charge in [-0.1, -0.05) is 26.0 Å². The average molecular weight is 360 g/mol. The maximum absolute atomic E-state index is 12.8. The fourth-order valence-electron chi connectivity index (χ4n) is 3.68. The van der Waals surface area contributed by atoms with Crippen molar-refractivity contribution in [1.82, 2.24) is 10.2 Å². The smallest absolute Gasteiger partial charge is 0.407 e. The summed E-state index contributed by atoms with van der Waals surface area (Å²) in [5.74, 6) is -0.664. The first-order valence-corrected chi connectivity index (χ1v) is 8.68. The number of esters is 1. The molecule has 1 atom stereocenters. The number of nitrogens with one attached hydrogen (secondary N) is 1. The fraction of sp³-hybridized carbons (Fsp3) is 0.526. The second-order valence-electron chi connectivity index (χ2n) is 7.93. The van der Waals surface area contributed by atoms with Gasteiger partial charge in [0, 0.05) is 6.54 Å². The molecule has 3 rings (SSSR count). The molecule has 0 bridgehead atoms. The van der Waals surface area contributed by atoms with Gasteiger partial charge in [0.1, 0.15) is 6.04 Å². The Balaban J connectivity index is 1.74. The summed E-state index contributed by atoms with van der Waals surface area (Å²) in [6.07, 6.45) is 1.02. The minimum Gasteiger partial charge on any atom is -0.465 e. The van der Waals surface area contributed by atoms with Crippen molar-refractivity contribution < 1.29 is 24.2 Å². The van der Waals surface area contributed by atoms with Crippen LogP contribution in [-0.2, 0) is 15.1 Å². The van der Waals surface area contributed by atoms with Crippen LogP contribution in [0.5, 0.6) is 0 Å². The van der Waals surface area contributed by atoms with Gasteiger partial charge in [-0.05, 0) is 42.4 Å². The molecule has 2 amide bonds. The Hall–Kier alpha value is -2.57. The Bertz CT molecular complexity index is 737. The van der Waals surface area contributed by atoms with Crippen molar-refractivity contribution in [3.63, 3.8) is 0 Å². The van der Waals surface area contributed by atoms with Gasteiger partial charge in [0.25, 0.3) is 0 Å². The molecule has 2 N–H and O–H groups in total. The van der Waals surface area contributed by atoms with Crippen molar-refractivity contribution in [2.75, 3.05) is 13.7 Å². The lowest BCUT2D eigenvalue weighted by Crippen LogP contribution is -2.48. The van der Waals surface area contributed by atoms with Crippen LogP contribution in [0.3, 0.4) is 0 Å². The average Bonchev–Trinajstić information content (AvgIpc) is 3.29. The van der Waals surface area contributed by atoms with Crippen molar-refractivity contribution >= 4 is 18.0 Å². The second-order valence-corrected chi connectivity index (χ2v) is 7.93. The van der Waals surface area contributed by atoms with Gasteiger partial charge in [0.15, 0.2) is 0 Å². The molecule has 1 aromatic rings. The fourth-order valence-corrected chi connectivity index (χ4v) is 3.68. The minimum atomic E-state index is -1.07. The number of nitrogens with zero attached hydrogens (tertiary/aromatic N) is 1. The Labute approximate surface area is 152 Å². The molecule has 1 saturated carbocycles. The van der Waals surface area contributed by atoms with E-state index in [1.165, 1.54) is 12.0 Å². The number of carbonyl (C=O) groups is 3. The first-order chi connectivity index (χ1) is 12.2. The SMILES string of the molecule is COC(=O)c1ccc(C2(NC(=O)C3CC(C)(C)CN3C(=O)O)CC2)cc1. The van der Waals surface area contributed by atoms with E-state index in [9.17, 15) is 19.5 Å². The molecule has 0 aromatic heterocycles. The molecule has 140 valence electrons. The van der Waals surface area contributed by atoms with Crippen LogP contribution in [0.4, 0.5) is 4.79 Å². The summed E-state index contributed by atoms with van der Waals surface area (Å²) in [7, 11) is 1.33. The summed E-state index contributed by atoms with van der Waals surface area (Å²) in [4.78, 5) is 37.1. The standard InChI is InChI=1S/C19H24N2O5/c1-18(2)10-14(21(11-18)17(24)25)15(22)20-19(8-9-19)13-6-4-12(5-7-13)16(23)26-3/h4-7,14H,8-11H2,1-3H3,(H,20,22)(H,24,25). The Morgan fingerprint density at radius 3 is 2.31 bits per heavy atom. The number of carbonyl (C=O) groups excluding carboxylic acids is 2. The predicted octanol–water partition coefficient (Wildman–Crippen LogP) is 2.36. The van der Waals surface area contributed by atoms with E-state index in [1.807, 2.05) is 26.0 Å². The molecule has 7 nitrogen and oxygen atoms in total. The van der Waals surface area contributed by atoms with Crippen LogP contribution in [0.2, 0.25) is 0 Å². The zero-order valence-electron chi connectivity index (χ0n) is 15.2. The quantitative estimate of drug-likeness (QED) is 0.804. The number of ether oxygens (including phenoxy) is 1. The highest BCUT2D eigenvalue weighted by atomic mass is 16.5. The zero-order chi connectivity index (χ0) is 19.1. The first kappa shape index (κ1) is 18.2. The van der Waals surface area contributed by atoms with Gasteiger partial charge in [-0.3, -0.25) is 9.69 Å². The molecule has 1 aliphatic carbocycles. The largest absolute Gasteiger partial charge is 0.465 e. The third-order valence-electron chi connectivity index (χ3n) is 5.24. The number of carboxylic acid groups (broad SMARTS) is 1. The molecule has 1 saturated heterocycles. The minimum absolute atomic E-state index is 0.223. The highest BCUT2D eigenvalue weighted by Crippen LogP contribution is 2.46. The summed E-state index contributed by atoms with van der Waals surface area (Å²) in [6, 6.07) is 6.31. The van der Waals surface area contributed by atoms with Crippen molar-refractivity contribution in [3.05, 3.63) is 35.4 Å². The van der Waals surface area contributed by atoms with Gasteiger partial charge in [0.2, 0.25) is 5.91 Å². The van der Waals surface area contributed by atoms with Crippen LogP contribution in [-0.4, -0.2) is 47.7 Å². The van der Waals surface area contributed by atoms with E-state index >= 15 is 0 Å². The Morgan fingerprint density at radius 1 is 1.19 bits per heavy atom. The summed E-state index contributed by atoms with van der Waals surface area (Å²) in [5, 5.41) is 12.5. The van der Waals surface area contributed by atoms with Gasteiger partial charge < -0.3 is 15.2 Å². The van der Waals surface area contributed by atoms with E-state index in [1.54, 1.807) is 12.1 Å². The normalized spacial score (nSPS) is 22.6. The maximum Gasteiger partial charge on any atom is 0.407 e. The molecule has 2 fully saturated rings. The molecule has 2 aliphatic rings. The lowest BCUT2D eigenvalue weighted by atomic mass is 9.90. The lowest BCUT2D eigenvalue weighted by Gasteiger charge is -2.25. The summed E-state index contributed by atoms with van der Waals surface area (Å²) in [6.45, 7) is 4.28. The summed E-state index contributed by atoms with van der Waals surface area (Å²) >= 11 is 0. The number of hydrogen-bond donors (Lipinski definition) is 2. The zero-order valence-corrected chi connectivity index (χ0v) is 15.2. The number of hydrogen-bond acceptors (Lipinski definition) is 4. The van der Waals surface area contributed by atoms with Gasteiger partial charge in [0.05, 0.1) is 18.2 Å². The van der Waals surface area contributed by atoms with Crippen LogP contribution < -0.4 is 5.32 Å². The van der Waals surface area contributed by atoms with E-state index < -0.39 is 23.6 Å². The molecule has 1 aliphatic heterocycles. The molecule has 7 heteroatoms. The van der Waals surface area contributed by atoms with E-state index in [0.29, 0.717) is 18.5 Å². The van der Waals surface area contributed by atoms with Crippen molar-refractivity contribution in [2.45, 2.75) is 44.7 Å². The molecular formula is C19H24N2O5. The maximum atomic E-state index is 12.8. The second kappa shape index (κ2) is 6.30. The monoisotopic (exact) mass is 360 g/mol. The van der Waals surface area contributed by atoms with Gasteiger partial charge in [-0.25, -0.2) is 9.59 Å². The van der Waals surface area contributed by atoms with Crippen LogP contribution in [0.25, 0.3) is 0 Å². The van der Waals surface area contributed by atoms with E-state index in [2.05, 4.69) is 5.32 Å². The van der Waals surface area contributed by atoms with Gasteiger partial charge in [-0.2, -0.15) is 0 Å². The molecule has 1 unspecified atom stereocenters. The third-order valence-corrected chi connectivity index (χ3v) is 5.24. The number of methoxy groups -OCH3 is 1. The van der Waals surface area contributed by atoms with E-state index in [0.717, 1.165) is 18.4 Å². The molecule has 26 heavy (non-hydrogen) atoms. The summed E-state index contributed by atoms with van der Waals surface area (Å²) < 4.78 is 4.69. The van der Waals surface area contributed by atoms with Crippen molar-refractivity contribution in [3.8, 4) is 0 Å². The first-order valence-electron chi connectivity index (χ1n) is 8.68. The summed E-state index contributed by atoms with van der Waals surface area (Å²) in [5.41, 5.74) is 0.674. The molecule has 0 spiro atoms. The molecule has 1 heterocycles. The lowest BCUT2D eigenvalue weighted by molar-refractivity contribution is -0.126. The van der Waals surface area contributed by atoms with Crippen molar-refractivity contribution in [2.24, 2.45) is 5.41 Å². The Kier molecular flexibility index (Phi) is 4.42. The van der Waals surface area contributed by atoms with Gasteiger partial charge in [-0.15, -0.1) is 0 Å². The van der Waals surface area contributed by atoms with Crippen molar-refractivity contribution in [1.29, 1.82) is 0 Å². The van der Waals surface area contributed by atoms with Crippen LogP contribution in [0.1, 0.15) is 49.0 Å². The number of amides is 2. The molecule has 1 aromatic carbocycles. The van der Waals surface area contributed by atoms with E-state index in [-0.39, 0.29) is 11.3 Å². The number of likely N-dealkylation sites (tertiary alicyclic amines) is 1. The highest BCUT2D eigenvalue weighted by Gasteiger charge is 2.50. The van der Waals surface area contributed by atoms with Crippen LogP contribution in [0.15, 0.2) is 24.3 Å². The highest BCUT2D eigenvalue weighted by molar-refractivity contribution is 5.89. The molecular weight excluding hydrogens is 336 g/mol. The Morgan fingerprint density at radius 2 is 1.81 bits per heavy atom. The van der Waals surface area contributed by atoms with E-state index in [4.69, 9.17) is 4.74 Å². The predicted molar refractivity (Wildman–Crippen MR) is 93.8 cm³/mol. The van der Waals surface area contributed by atoms with Gasteiger partial charge >= 0.3 is 12.1 Å². The topological polar surface area (TPSA) is 95.9 Å². The van der Waals surface area contributed by atoms with Crippen LogP contribution >= 0.6 is 0 Å². The molecule has 0 radical (unpaired) electrons.